The van der Waals surface area contributed by atoms with Gasteiger partial charge in [0.25, 0.3) is 0 Å². The van der Waals surface area contributed by atoms with E-state index in [0.717, 1.165) is 17.1 Å². The molecule has 1 atom stereocenters. The molecule has 0 saturated carbocycles. The van der Waals surface area contributed by atoms with Crippen molar-refractivity contribution in [1.82, 2.24) is 5.32 Å². The molecule has 0 aromatic heterocycles. The van der Waals surface area contributed by atoms with Crippen LogP contribution in [0, 0.1) is 6.92 Å². The van der Waals surface area contributed by atoms with Gasteiger partial charge >= 0.3 is 5.97 Å². The zero-order valence-corrected chi connectivity index (χ0v) is 13.4. The normalized spacial score (nSPS) is 20.6. The Balaban J connectivity index is 1.74. The number of nitrogens with one attached hydrogen (secondary N) is 1. The van der Waals surface area contributed by atoms with Crippen LogP contribution in [0.15, 0.2) is 24.3 Å². The maximum absolute atomic E-state index is 11.9. The van der Waals surface area contributed by atoms with Crippen molar-refractivity contribution in [2.45, 2.75) is 31.7 Å². The first-order chi connectivity index (χ1) is 10.5. The Morgan fingerprint density at radius 2 is 2.18 bits per heavy atom. The largest absolute Gasteiger partial charge is 0.493 e. The Morgan fingerprint density at radius 1 is 1.41 bits per heavy atom. The van der Waals surface area contributed by atoms with E-state index >= 15 is 0 Å². The van der Waals surface area contributed by atoms with Crippen LogP contribution in [0.3, 0.4) is 0 Å². The molecule has 0 spiro atoms. The standard InChI is InChI=1S/C16H21NO4S/c1-12-5-2-3-6-13(12)21-9-4-7-14(18)17-16(15(19)20)8-10-22-11-16/h2-3,5-6H,4,7-11H2,1H3,(H,17,18)(H,19,20)/t16-/m1/s1. The average Bonchev–Trinajstić information content (AvgIpc) is 2.95. The van der Waals surface area contributed by atoms with Crippen molar-refractivity contribution in [3.8, 4) is 5.75 Å². The summed E-state index contributed by atoms with van der Waals surface area (Å²) < 4.78 is 5.63. The number of rotatable bonds is 7. The van der Waals surface area contributed by atoms with E-state index in [9.17, 15) is 14.7 Å². The number of carboxylic acid groups (broad SMARTS) is 1. The SMILES string of the molecule is Cc1ccccc1OCCCC(=O)N[C@]1(C(=O)O)CCSC1. The summed E-state index contributed by atoms with van der Waals surface area (Å²) in [6, 6.07) is 7.71. The van der Waals surface area contributed by atoms with E-state index in [1.165, 1.54) is 0 Å². The summed E-state index contributed by atoms with van der Waals surface area (Å²) in [5.74, 6) is 0.855. The van der Waals surface area contributed by atoms with Crippen LogP contribution in [0.2, 0.25) is 0 Å². The van der Waals surface area contributed by atoms with Gasteiger partial charge in [-0.25, -0.2) is 4.79 Å². The summed E-state index contributed by atoms with van der Waals surface area (Å²) in [4.78, 5) is 23.3. The lowest BCUT2D eigenvalue weighted by Crippen LogP contribution is -2.54. The Bertz CT molecular complexity index is 541. The number of amides is 1. The number of hydrogen-bond donors (Lipinski definition) is 2. The van der Waals surface area contributed by atoms with Gasteiger partial charge in [-0.05, 0) is 37.1 Å². The smallest absolute Gasteiger partial charge is 0.330 e. The van der Waals surface area contributed by atoms with Crippen LogP contribution in [0.1, 0.15) is 24.8 Å². The number of thioether (sulfide) groups is 1. The number of carbonyl (C=O) groups is 2. The van der Waals surface area contributed by atoms with Crippen LogP contribution in [-0.4, -0.2) is 40.6 Å². The zero-order valence-electron chi connectivity index (χ0n) is 12.6. The lowest BCUT2D eigenvalue weighted by atomic mass is 9.99. The molecule has 0 aliphatic carbocycles. The molecule has 1 aromatic carbocycles. The van der Waals surface area contributed by atoms with Crippen LogP contribution in [0.25, 0.3) is 0 Å². The predicted molar refractivity (Wildman–Crippen MR) is 86.4 cm³/mol. The fourth-order valence-electron chi connectivity index (χ4n) is 2.35. The van der Waals surface area contributed by atoms with Gasteiger partial charge in [-0.2, -0.15) is 11.8 Å². The minimum Gasteiger partial charge on any atom is -0.493 e. The van der Waals surface area contributed by atoms with Crippen LogP contribution in [-0.2, 0) is 9.59 Å². The molecule has 1 amide bonds. The van der Waals surface area contributed by atoms with Crippen LogP contribution < -0.4 is 10.1 Å². The fraction of sp³-hybridized carbons (Fsp3) is 0.500. The highest BCUT2D eigenvalue weighted by atomic mass is 32.2. The molecule has 0 radical (unpaired) electrons. The Morgan fingerprint density at radius 3 is 2.82 bits per heavy atom. The van der Waals surface area contributed by atoms with Gasteiger partial charge < -0.3 is 15.2 Å². The van der Waals surface area contributed by atoms with Gasteiger partial charge in [-0.1, -0.05) is 18.2 Å². The Kier molecular flexibility index (Phi) is 5.71. The van der Waals surface area contributed by atoms with Crippen molar-refractivity contribution < 1.29 is 19.4 Å². The first kappa shape index (κ1) is 16.7. The van der Waals surface area contributed by atoms with E-state index in [4.69, 9.17) is 4.74 Å². The quantitative estimate of drug-likeness (QED) is 0.753. The molecule has 1 fully saturated rings. The Hall–Kier alpha value is -1.69. The van der Waals surface area contributed by atoms with Gasteiger partial charge in [0.05, 0.1) is 6.61 Å². The number of hydrogen-bond acceptors (Lipinski definition) is 4. The summed E-state index contributed by atoms with van der Waals surface area (Å²) in [7, 11) is 0. The molecule has 5 nitrogen and oxygen atoms in total. The second kappa shape index (κ2) is 7.54. The predicted octanol–water partition coefficient (Wildman–Crippen LogP) is 2.23. The van der Waals surface area contributed by atoms with Gasteiger partial charge in [0, 0.05) is 12.2 Å². The van der Waals surface area contributed by atoms with E-state index in [2.05, 4.69) is 5.32 Å². The molecule has 1 saturated heterocycles. The van der Waals surface area contributed by atoms with Crippen LogP contribution in [0.5, 0.6) is 5.75 Å². The van der Waals surface area contributed by atoms with Crippen LogP contribution >= 0.6 is 11.8 Å². The topological polar surface area (TPSA) is 75.6 Å². The molecule has 22 heavy (non-hydrogen) atoms. The van der Waals surface area contributed by atoms with E-state index in [1.54, 1.807) is 11.8 Å². The lowest BCUT2D eigenvalue weighted by Gasteiger charge is -2.24. The first-order valence-electron chi connectivity index (χ1n) is 7.34. The molecule has 2 rings (SSSR count). The molecule has 0 bridgehead atoms. The third-order valence-electron chi connectivity index (χ3n) is 3.71. The van der Waals surface area contributed by atoms with Crippen molar-refractivity contribution in [3.05, 3.63) is 29.8 Å². The number of carboxylic acids is 1. The maximum Gasteiger partial charge on any atom is 0.330 e. The molecule has 0 unspecified atom stereocenters. The van der Waals surface area contributed by atoms with Gasteiger partial charge in [-0.3, -0.25) is 4.79 Å². The van der Waals surface area contributed by atoms with E-state index in [-0.39, 0.29) is 12.3 Å². The number of aliphatic carboxylic acids is 1. The average molecular weight is 323 g/mol. The highest BCUT2D eigenvalue weighted by Gasteiger charge is 2.43. The highest BCUT2D eigenvalue weighted by molar-refractivity contribution is 7.99. The molecule has 6 heteroatoms. The van der Waals surface area contributed by atoms with Crippen molar-refractivity contribution in [3.63, 3.8) is 0 Å². The van der Waals surface area contributed by atoms with Gasteiger partial charge in [-0.15, -0.1) is 0 Å². The minimum atomic E-state index is -1.08. The van der Waals surface area contributed by atoms with Crippen molar-refractivity contribution in [2.75, 3.05) is 18.1 Å². The lowest BCUT2D eigenvalue weighted by molar-refractivity contribution is -0.146. The third kappa shape index (κ3) is 4.16. The van der Waals surface area contributed by atoms with Crippen LogP contribution in [0.4, 0.5) is 0 Å². The summed E-state index contributed by atoms with van der Waals surface area (Å²) in [6.45, 7) is 2.41. The van der Waals surface area contributed by atoms with Crippen molar-refractivity contribution >= 4 is 23.6 Å². The summed E-state index contributed by atoms with van der Waals surface area (Å²) >= 11 is 1.56. The summed E-state index contributed by atoms with van der Waals surface area (Å²) in [5, 5.41) is 12.0. The Labute approximate surface area is 134 Å². The van der Waals surface area contributed by atoms with E-state index in [0.29, 0.717) is 25.2 Å². The van der Waals surface area contributed by atoms with Crippen molar-refractivity contribution in [2.24, 2.45) is 0 Å². The fourth-order valence-corrected chi connectivity index (χ4v) is 3.67. The number of ether oxygens (including phenoxy) is 1. The number of aryl methyl sites for hydroxylation is 1. The molecular formula is C16H21NO4S. The third-order valence-corrected chi connectivity index (χ3v) is 4.90. The molecule has 1 heterocycles. The van der Waals surface area contributed by atoms with E-state index in [1.807, 2.05) is 31.2 Å². The number of benzene rings is 1. The molecule has 120 valence electrons. The van der Waals surface area contributed by atoms with Gasteiger partial charge in [0.15, 0.2) is 0 Å². The molecule has 1 aliphatic heterocycles. The first-order valence-corrected chi connectivity index (χ1v) is 8.49. The summed E-state index contributed by atoms with van der Waals surface area (Å²) in [6.07, 6.45) is 1.31. The minimum absolute atomic E-state index is 0.224. The monoisotopic (exact) mass is 323 g/mol. The molecule has 1 aliphatic rings. The number of para-hydroxylation sites is 1. The van der Waals surface area contributed by atoms with Gasteiger partial charge in [0.2, 0.25) is 5.91 Å². The highest BCUT2D eigenvalue weighted by Crippen LogP contribution is 2.28. The van der Waals surface area contributed by atoms with Crippen molar-refractivity contribution in [1.29, 1.82) is 0 Å². The number of carbonyl (C=O) groups excluding carboxylic acids is 1. The van der Waals surface area contributed by atoms with Gasteiger partial charge in [0.1, 0.15) is 11.3 Å². The zero-order chi connectivity index (χ0) is 16.0. The summed E-state index contributed by atoms with van der Waals surface area (Å²) in [5.41, 5.74) is -0.0294. The molecule has 2 N–H and O–H groups in total. The second-order valence-corrected chi connectivity index (χ2v) is 6.56. The molecular weight excluding hydrogens is 302 g/mol. The van der Waals surface area contributed by atoms with E-state index < -0.39 is 11.5 Å². The second-order valence-electron chi connectivity index (χ2n) is 5.46. The molecule has 1 aromatic rings. The maximum atomic E-state index is 11.9.